The van der Waals surface area contributed by atoms with Gasteiger partial charge in [-0.2, -0.15) is 0 Å². The molecular formula is C57H63F3N10O9. The van der Waals surface area contributed by atoms with Crippen molar-refractivity contribution in [2.24, 2.45) is 0 Å². The maximum Gasteiger partial charge on any atom is 0.573 e. The maximum absolute atomic E-state index is 12.4. The third-order valence-electron chi connectivity index (χ3n) is 10.8. The molecule has 1 aliphatic heterocycles. The monoisotopic (exact) mass is 1090 g/mol. The standard InChI is InChI=1S/C19H23N3O3.C17H21N3O2.C14H11F3N2O2.C7H8N2O2/c20-16-4-6-17(7-5-16)21-19(23)15-2-1-3-18(14-15)25-13-10-22-8-11-24-12-9-22;1-20(2)10-11-22-16-5-3-4-13(12-16)17(21)19-15-8-6-14(18)7-9-15;15-14(16,17)21-12-3-1-2-9(8-12)13(20)19-11-6-4-10(18)5-7-11;8-5-1-3-6(4-2-5)9-7(10)11/h1-7,14H,8-13,20H2,(H,21,23);3-9,12H,10-11,18H2,1-2H3,(H,19,21);1-8H,18H2,(H,19,20);1-4,9H,8H2,(H,10,11). The van der Waals surface area contributed by atoms with E-state index in [1.54, 1.807) is 121 Å². The first-order chi connectivity index (χ1) is 37.8. The van der Waals surface area contributed by atoms with E-state index in [4.69, 9.17) is 42.3 Å². The number of halogens is 3. The molecule has 0 spiro atoms. The number of hydrogen-bond acceptors (Lipinski definition) is 14. The third-order valence-corrected chi connectivity index (χ3v) is 10.8. The topological polar surface area (TPSA) is 284 Å². The van der Waals surface area contributed by atoms with Gasteiger partial charge in [0.2, 0.25) is 0 Å². The highest BCUT2D eigenvalue weighted by Crippen LogP contribution is 2.24. The van der Waals surface area contributed by atoms with Gasteiger partial charge in [-0.25, -0.2) is 4.79 Å². The average molecular weight is 1090 g/mol. The van der Waals surface area contributed by atoms with Gasteiger partial charge in [0, 0.05) is 88.4 Å². The number of benzene rings is 7. The average Bonchev–Trinajstić information content (AvgIpc) is 3.42. The van der Waals surface area contributed by atoms with E-state index < -0.39 is 24.1 Å². The molecule has 416 valence electrons. The summed E-state index contributed by atoms with van der Waals surface area (Å²) < 4.78 is 56.9. The molecule has 13 N–H and O–H groups in total. The fourth-order valence-corrected chi connectivity index (χ4v) is 6.75. The second-order valence-electron chi connectivity index (χ2n) is 17.4. The van der Waals surface area contributed by atoms with Crippen molar-refractivity contribution >= 4 is 69.3 Å². The number of nitrogen functional groups attached to an aromatic ring is 4. The lowest BCUT2D eigenvalue weighted by molar-refractivity contribution is -0.274. The van der Waals surface area contributed by atoms with Gasteiger partial charge in [-0.05, 0) is 166 Å². The minimum Gasteiger partial charge on any atom is -0.492 e. The summed E-state index contributed by atoms with van der Waals surface area (Å²) in [5.74, 6) is 0.0242. The van der Waals surface area contributed by atoms with Gasteiger partial charge in [-0.15, -0.1) is 13.2 Å². The van der Waals surface area contributed by atoms with Gasteiger partial charge in [0.15, 0.2) is 0 Å². The Bertz CT molecular complexity index is 3020. The summed E-state index contributed by atoms with van der Waals surface area (Å²) in [4.78, 5) is 51.0. The summed E-state index contributed by atoms with van der Waals surface area (Å²) in [6.45, 7) is 6.27. The van der Waals surface area contributed by atoms with Crippen molar-refractivity contribution in [2.75, 3.05) is 111 Å². The highest BCUT2D eigenvalue weighted by Gasteiger charge is 2.31. The zero-order valence-electron chi connectivity index (χ0n) is 43.4. The van der Waals surface area contributed by atoms with Crippen molar-refractivity contribution in [3.8, 4) is 17.2 Å². The van der Waals surface area contributed by atoms with Gasteiger partial charge < -0.3 is 67.8 Å². The minimum atomic E-state index is -4.80. The van der Waals surface area contributed by atoms with E-state index in [-0.39, 0.29) is 17.4 Å². The van der Waals surface area contributed by atoms with Crippen molar-refractivity contribution in [1.82, 2.24) is 9.80 Å². The van der Waals surface area contributed by atoms with E-state index in [9.17, 15) is 32.3 Å². The number of alkyl halides is 3. The Morgan fingerprint density at radius 2 is 0.873 bits per heavy atom. The number of nitrogens with one attached hydrogen (secondary N) is 4. The van der Waals surface area contributed by atoms with Crippen molar-refractivity contribution in [1.29, 1.82) is 0 Å². The first-order valence-electron chi connectivity index (χ1n) is 24.4. The number of likely N-dealkylation sites (N-methyl/N-ethyl adjacent to an activating group) is 1. The zero-order chi connectivity index (χ0) is 57.2. The van der Waals surface area contributed by atoms with Gasteiger partial charge in [-0.3, -0.25) is 24.6 Å². The van der Waals surface area contributed by atoms with Crippen LogP contribution >= 0.6 is 0 Å². The first kappa shape index (κ1) is 60.4. The maximum atomic E-state index is 12.4. The van der Waals surface area contributed by atoms with Crippen LogP contribution in [0.2, 0.25) is 0 Å². The molecule has 79 heavy (non-hydrogen) atoms. The van der Waals surface area contributed by atoms with Crippen LogP contribution in [0.25, 0.3) is 0 Å². The van der Waals surface area contributed by atoms with Crippen molar-refractivity contribution in [3.05, 3.63) is 187 Å². The van der Waals surface area contributed by atoms with Gasteiger partial charge in [0.1, 0.15) is 30.5 Å². The molecule has 0 unspecified atom stereocenters. The molecule has 0 saturated carbocycles. The molecule has 7 aromatic rings. The van der Waals surface area contributed by atoms with E-state index in [1.165, 1.54) is 12.1 Å². The summed E-state index contributed by atoms with van der Waals surface area (Å²) in [6, 6.07) is 46.1. The number of nitrogens with two attached hydrogens (primary N) is 4. The Hall–Kier alpha value is -9.51. The molecule has 1 fully saturated rings. The lowest BCUT2D eigenvalue weighted by Gasteiger charge is -2.26. The number of hydrogen-bond donors (Lipinski definition) is 9. The van der Waals surface area contributed by atoms with Crippen LogP contribution in [0.15, 0.2) is 170 Å². The lowest BCUT2D eigenvalue weighted by Crippen LogP contribution is -2.38. The minimum absolute atomic E-state index is 0.0496. The molecule has 0 aromatic heterocycles. The Labute approximate surface area is 455 Å². The Morgan fingerprint density at radius 1 is 0.532 bits per heavy atom. The summed E-state index contributed by atoms with van der Waals surface area (Å²) >= 11 is 0. The van der Waals surface area contributed by atoms with Crippen molar-refractivity contribution in [3.63, 3.8) is 0 Å². The van der Waals surface area contributed by atoms with E-state index in [0.717, 1.165) is 51.5 Å². The molecule has 1 saturated heterocycles. The van der Waals surface area contributed by atoms with Crippen LogP contribution in [-0.2, 0) is 4.74 Å². The molecule has 0 atom stereocenters. The first-order valence-corrected chi connectivity index (χ1v) is 24.4. The molecule has 0 bridgehead atoms. The van der Waals surface area contributed by atoms with Crippen LogP contribution in [0.4, 0.5) is 63.5 Å². The number of ether oxygens (including phenoxy) is 4. The number of anilines is 8. The van der Waals surface area contributed by atoms with Gasteiger partial charge in [0.25, 0.3) is 17.7 Å². The Balaban J connectivity index is 0.000000200. The lowest BCUT2D eigenvalue weighted by atomic mass is 10.2. The summed E-state index contributed by atoms with van der Waals surface area (Å²) in [7, 11) is 3.97. The van der Waals surface area contributed by atoms with Gasteiger partial charge >= 0.3 is 12.5 Å². The molecule has 1 heterocycles. The van der Waals surface area contributed by atoms with E-state index in [2.05, 4.69) is 30.9 Å². The second-order valence-corrected chi connectivity index (χ2v) is 17.4. The Kier molecular flexibility index (Phi) is 23.6. The molecule has 0 radical (unpaired) electrons. The summed E-state index contributed by atoms with van der Waals surface area (Å²) in [5.41, 5.74) is 28.2. The zero-order valence-corrected chi connectivity index (χ0v) is 43.4. The molecule has 22 heteroatoms. The van der Waals surface area contributed by atoms with Crippen LogP contribution in [0.1, 0.15) is 31.1 Å². The highest BCUT2D eigenvalue weighted by atomic mass is 19.4. The largest absolute Gasteiger partial charge is 0.573 e. The molecule has 7 aromatic carbocycles. The van der Waals surface area contributed by atoms with Crippen LogP contribution in [0.5, 0.6) is 17.2 Å². The molecule has 8 rings (SSSR count). The number of carbonyl (C=O) groups excluding carboxylic acids is 3. The number of morpholine rings is 1. The highest BCUT2D eigenvalue weighted by molar-refractivity contribution is 6.06. The Morgan fingerprint density at radius 3 is 1.23 bits per heavy atom. The smallest absolute Gasteiger partial charge is 0.492 e. The normalized spacial score (nSPS) is 11.8. The number of rotatable bonds is 16. The predicted octanol–water partition coefficient (Wildman–Crippen LogP) is 9.47. The molecule has 0 aliphatic carbocycles. The van der Waals surface area contributed by atoms with Crippen LogP contribution < -0.4 is 58.4 Å². The molecular weight excluding hydrogens is 1030 g/mol. The quantitative estimate of drug-likeness (QED) is 0.0407. The van der Waals surface area contributed by atoms with Gasteiger partial charge in [0.05, 0.1) is 13.2 Å². The fourth-order valence-electron chi connectivity index (χ4n) is 6.75. The molecule has 19 nitrogen and oxygen atoms in total. The van der Waals surface area contributed by atoms with Crippen LogP contribution in [0.3, 0.4) is 0 Å². The van der Waals surface area contributed by atoms with E-state index in [1.807, 2.05) is 43.3 Å². The third kappa shape index (κ3) is 23.5. The summed E-state index contributed by atoms with van der Waals surface area (Å²) in [5, 5.41) is 18.7. The number of carbonyl (C=O) groups is 4. The van der Waals surface area contributed by atoms with Crippen molar-refractivity contribution in [2.45, 2.75) is 6.36 Å². The van der Waals surface area contributed by atoms with E-state index >= 15 is 0 Å². The van der Waals surface area contributed by atoms with Crippen molar-refractivity contribution < 1.29 is 56.4 Å². The number of nitrogens with zero attached hydrogens (tertiary/aromatic N) is 2. The predicted molar refractivity (Wildman–Crippen MR) is 302 cm³/mol. The number of amides is 4. The SMILES string of the molecule is CN(C)CCOc1cccc(C(=O)Nc2ccc(N)cc2)c1.Nc1ccc(NC(=O)O)cc1.Nc1ccc(NC(=O)c2cccc(OC(F)(F)F)c2)cc1.Nc1ccc(NC(=O)c2cccc(OCCN3CCOCC3)c2)cc1. The fraction of sp³-hybridized carbons (Fsp3) is 0.193. The van der Waals surface area contributed by atoms with E-state index in [0.29, 0.717) is 81.3 Å². The summed E-state index contributed by atoms with van der Waals surface area (Å²) in [6.07, 6.45) is -5.87. The molecule has 1 aliphatic rings. The number of carboxylic acid groups (broad SMARTS) is 1. The molecule has 4 amide bonds. The second kappa shape index (κ2) is 30.9. The van der Waals surface area contributed by atoms with Crippen LogP contribution in [0, 0.1) is 0 Å². The van der Waals surface area contributed by atoms with Gasteiger partial charge in [-0.1, -0.05) is 18.2 Å². The van der Waals surface area contributed by atoms with Crippen LogP contribution in [-0.4, -0.2) is 112 Å².